The van der Waals surface area contributed by atoms with Gasteiger partial charge in [-0.1, -0.05) is 0 Å². The van der Waals surface area contributed by atoms with Gasteiger partial charge in [-0.05, 0) is 23.1 Å². The molecule has 0 aliphatic heterocycles. The van der Waals surface area contributed by atoms with Crippen LogP contribution in [-0.4, -0.2) is 37.4 Å². The van der Waals surface area contributed by atoms with E-state index in [-0.39, 0.29) is 16.5 Å². The lowest BCUT2D eigenvalue weighted by Crippen LogP contribution is -1.95. The molecule has 0 heterocycles. The SMILES string of the molecule is O=C(O)c1cc(O)c(O)c(O)c1.[SiH4]. The average Bonchev–Trinajstić information content (AvgIpc) is 1.99. The zero-order chi connectivity index (χ0) is 9.30. The quantitative estimate of drug-likeness (QED) is 0.348. The van der Waals surface area contributed by atoms with Gasteiger partial charge in [-0.25, -0.2) is 4.79 Å². The molecule has 0 aromatic heterocycles. The van der Waals surface area contributed by atoms with Crippen molar-refractivity contribution < 1.29 is 25.2 Å². The second-order valence-corrected chi connectivity index (χ2v) is 2.17. The highest BCUT2D eigenvalue weighted by atomic mass is 28.1. The normalized spacial score (nSPS) is 8.92. The lowest BCUT2D eigenvalue weighted by molar-refractivity contribution is 0.0696. The molecule has 0 fully saturated rings. The molecule has 0 bridgehead atoms. The number of carbonyl (C=O) groups is 1. The highest BCUT2D eigenvalue weighted by molar-refractivity contribution is 5.89. The van der Waals surface area contributed by atoms with E-state index in [1.54, 1.807) is 0 Å². The molecule has 0 saturated carbocycles. The average molecular weight is 202 g/mol. The van der Waals surface area contributed by atoms with Gasteiger partial charge in [-0.2, -0.15) is 0 Å². The molecule has 0 spiro atoms. The van der Waals surface area contributed by atoms with Gasteiger partial charge in [0.2, 0.25) is 0 Å². The minimum Gasteiger partial charge on any atom is -0.504 e. The zero-order valence-corrected chi connectivity index (χ0v) is 5.85. The number of aromatic hydroxyl groups is 3. The van der Waals surface area contributed by atoms with Crippen LogP contribution in [0.3, 0.4) is 0 Å². The van der Waals surface area contributed by atoms with Crippen LogP contribution in [0, 0.1) is 0 Å². The van der Waals surface area contributed by atoms with E-state index in [4.69, 9.17) is 20.4 Å². The Balaban J connectivity index is 0.00000144. The van der Waals surface area contributed by atoms with Crippen LogP contribution in [0.25, 0.3) is 0 Å². The van der Waals surface area contributed by atoms with Gasteiger partial charge in [0.1, 0.15) is 0 Å². The third kappa shape index (κ3) is 2.12. The molecule has 5 nitrogen and oxygen atoms in total. The number of carboxylic acid groups (broad SMARTS) is 1. The standard InChI is InChI=1S/C7H6O5.H4Si/c8-4-1-3(7(11)12)2-5(9)6(4)10;/h1-2,8-10H,(H,11,12);1H4. The van der Waals surface area contributed by atoms with Crippen molar-refractivity contribution in [3.05, 3.63) is 17.7 Å². The van der Waals surface area contributed by atoms with Gasteiger partial charge >= 0.3 is 5.97 Å². The van der Waals surface area contributed by atoms with E-state index in [0.717, 1.165) is 12.1 Å². The lowest BCUT2D eigenvalue weighted by atomic mass is 10.2. The Hall–Kier alpha value is -1.69. The van der Waals surface area contributed by atoms with Crippen LogP contribution in [0.5, 0.6) is 17.2 Å². The monoisotopic (exact) mass is 202 g/mol. The summed E-state index contributed by atoms with van der Waals surface area (Å²) in [5, 5.41) is 35.0. The van der Waals surface area contributed by atoms with Crippen LogP contribution in [0.1, 0.15) is 10.4 Å². The first-order chi connectivity index (χ1) is 5.52. The van der Waals surface area contributed by atoms with Crippen molar-refractivity contribution in [2.24, 2.45) is 0 Å². The molecular formula is C7H10O5Si. The Bertz CT molecular complexity index is 313. The molecule has 4 N–H and O–H groups in total. The molecule has 0 amide bonds. The predicted molar refractivity (Wildman–Crippen MR) is 49.7 cm³/mol. The molecule has 6 heteroatoms. The zero-order valence-electron chi connectivity index (χ0n) is 5.85. The van der Waals surface area contributed by atoms with Gasteiger partial charge in [0, 0.05) is 0 Å². The molecule has 13 heavy (non-hydrogen) atoms. The van der Waals surface area contributed by atoms with Crippen molar-refractivity contribution in [1.82, 2.24) is 0 Å². The van der Waals surface area contributed by atoms with Crippen LogP contribution in [0.15, 0.2) is 12.1 Å². The van der Waals surface area contributed by atoms with E-state index < -0.39 is 23.2 Å². The maximum Gasteiger partial charge on any atom is 0.335 e. The highest BCUT2D eigenvalue weighted by Gasteiger charge is 2.11. The molecule has 0 aliphatic carbocycles. The summed E-state index contributed by atoms with van der Waals surface area (Å²) in [4.78, 5) is 10.3. The van der Waals surface area contributed by atoms with Gasteiger partial charge in [0.25, 0.3) is 0 Å². The number of hydrogen-bond acceptors (Lipinski definition) is 4. The van der Waals surface area contributed by atoms with Crippen molar-refractivity contribution in [2.75, 3.05) is 0 Å². The van der Waals surface area contributed by atoms with E-state index in [0.29, 0.717) is 0 Å². The first kappa shape index (κ1) is 11.3. The van der Waals surface area contributed by atoms with E-state index in [2.05, 4.69) is 0 Å². The van der Waals surface area contributed by atoms with Gasteiger partial charge in [-0.15, -0.1) is 0 Å². The molecule has 0 unspecified atom stereocenters. The molecule has 72 valence electrons. The Morgan fingerprint density at radius 1 is 1.08 bits per heavy atom. The number of rotatable bonds is 1. The minimum atomic E-state index is -1.29. The smallest absolute Gasteiger partial charge is 0.335 e. The van der Waals surface area contributed by atoms with Gasteiger partial charge in [0.05, 0.1) is 5.56 Å². The van der Waals surface area contributed by atoms with Gasteiger partial charge in [0.15, 0.2) is 17.2 Å². The third-order valence-electron chi connectivity index (χ3n) is 1.32. The largest absolute Gasteiger partial charge is 0.504 e. The summed E-state index contributed by atoms with van der Waals surface area (Å²) >= 11 is 0. The number of benzene rings is 1. The summed E-state index contributed by atoms with van der Waals surface area (Å²) in [6, 6.07) is 1.69. The number of hydrogen-bond donors (Lipinski definition) is 4. The predicted octanol–water partition coefficient (Wildman–Crippen LogP) is -0.950. The van der Waals surface area contributed by atoms with E-state index >= 15 is 0 Å². The fourth-order valence-electron chi connectivity index (χ4n) is 0.728. The van der Waals surface area contributed by atoms with E-state index in [1.807, 2.05) is 0 Å². The first-order valence-corrected chi connectivity index (χ1v) is 3.00. The summed E-state index contributed by atoms with van der Waals surface area (Å²) in [6.07, 6.45) is 0. The minimum absolute atomic E-state index is 0. The summed E-state index contributed by atoms with van der Waals surface area (Å²) < 4.78 is 0. The second kappa shape index (κ2) is 3.81. The topological polar surface area (TPSA) is 98.0 Å². The number of phenols is 3. The fraction of sp³-hybridized carbons (Fsp3) is 0. The lowest BCUT2D eigenvalue weighted by Gasteiger charge is -2.01. The van der Waals surface area contributed by atoms with Gasteiger partial charge < -0.3 is 20.4 Å². The van der Waals surface area contributed by atoms with E-state index in [1.165, 1.54) is 0 Å². The molecule has 1 aromatic rings. The number of carboxylic acids is 1. The summed E-state index contributed by atoms with van der Waals surface area (Å²) in [6.45, 7) is 0. The van der Waals surface area contributed by atoms with Crippen molar-refractivity contribution >= 4 is 16.9 Å². The molecule has 0 saturated heterocycles. The van der Waals surface area contributed by atoms with Crippen LogP contribution >= 0.6 is 0 Å². The Morgan fingerprint density at radius 2 is 1.46 bits per heavy atom. The molecule has 0 atom stereocenters. The Kier molecular flexibility index (Phi) is 3.31. The first-order valence-electron chi connectivity index (χ1n) is 3.00. The Labute approximate surface area is 77.9 Å². The molecule has 1 aromatic carbocycles. The summed E-state index contributed by atoms with van der Waals surface area (Å²) in [5.41, 5.74) is -0.289. The van der Waals surface area contributed by atoms with E-state index in [9.17, 15) is 4.79 Å². The molecule has 0 radical (unpaired) electrons. The highest BCUT2D eigenvalue weighted by Crippen LogP contribution is 2.35. The summed E-state index contributed by atoms with van der Waals surface area (Å²) in [7, 11) is 0. The maximum absolute atomic E-state index is 10.3. The van der Waals surface area contributed by atoms with Crippen LogP contribution < -0.4 is 0 Å². The Morgan fingerprint density at radius 3 is 1.77 bits per heavy atom. The number of phenolic OH excluding ortho intramolecular Hbond substituents is 3. The molecular weight excluding hydrogens is 192 g/mol. The van der Waals surface area contributed by atoms with Crippen LogP contribution in [0.2, 0.25) is 0 Å². The molecule has 1 rings (SSSR count). The van der Waals surface area contributed by atoms with Crippen molar-refractivity contribution in [3.8, 4) is 17.2 Å². The van der Waals surface area contributed by atoms with Gasteiger partial charge in [-0.3, -0.25) is 0 Å². The fourth-order valence-corrected chi connectivity index (χ4v) is 0.728. The van der Waals surface area contributed by atoms with Crippen LogP contribution in [0.4, 0.5) is 0 Å². The van der Waals surface area contributed by atoms with Crippen molar-refractivity contribution in [2.45, 2.75) is 0 Å². The van der Waals surface area contributed by atoms with Crippen LogP contribution in [-0.2, 0) is 0 Å². The summed E-state index contributed by atoms with van der Waals surface area (Å²) in [5.74, 6) is -3.33. The number of aromatic carboxylic acids is 1. The third-order valence-corrected chi connectivity index (χ3v) is 1.32. The van der Waals surface area contributed by atoms with Crippen molar-refractivity contribution in [1.29, 1.82) is 0 Å². The molecule has 0 aliphatic rings. The maximum atomic E-state index is 10.3. The second-order valence-electron chi connectivity index (χ2n) is 2.17. The van der Waals surface area contributed by atoms with Crippen molar-refractivity contribution in [3.63, 3.8) is 0 Å².